The van der Waals surface area contributed by atoms with E-state index in [1.807, 2.05) is 60.0 Å². The first kappa shape index (κ1) is 15.1. The number of imidazole rings is 1. The summed E-state index contributed by atoms with van der Waals surface area (Å²) >= 11 is 0. The number of benzene rings is 1. The normalized spacial score (nSPS) is 10.7. The molecular weight excluding hydrogens is 292 g/mol. The third-order valence-corrected chi connectivity index (χ3v) is 3.71. The monoisotopic (exact) mass is 310 g/mol. The van der Waals surface area contributed by atoms with Crippen LogP contribution in [0.15, 0.2) is 48.7 Å². The van der Waals surface area contributed by atoms with Gasteiger partial charge in [0, 0.05) is 6.20 Å². The second kappa shape index (κ2) is 6.52. The van der Waals surface area contributed by atoms with Crippen molar-refractivity contribution in [3.05, 3.63) is 65.6 Å². The Morgan fingerprint density at radius 1 is 1.17 bits per heavy atom. The van der Waals surface area contributed by atoms with Crippen LogP contribution >= 0.6 is 0 Å². The number of nitrogens with zero attached hydrogens (tertiary/aromatic N) is 2. The summed E-state index contributed by atoms with van der Waals surface area (Å²) in [6.07, 6.45) is 2.15. The molecule has 0 N–H and O–H groups in total. The van der Waals surface area contributed by atoms with E-state index in [0.717, 1.165) is 28.3 Å². The highest BCUT2D eigenvalue weighted by Crippen LogP contribution is 2.14. The van der Waals surface area contributed by atoms with E-state index in [0.29, 0.717) is 0 Å². The molecule has 0 bridgehead atoms. The van der Waals surface area contributed by atoms with E-state index >= 15 is 0 Å². The van der Waals surface area contributed by atoms with E-state index in [4.69, 9.17) is 9.47 Å². The molecule has 0 aliphatic rings. The van der Waals surface area contributed by atoms with Crippen LogP contribution in [0.25, 0.3) is 5.65 Å². The number of carbonyl (C=O) groups is 1. The van der Waals surface area contributed by atoms with Gasteiger partial charge in [0.15, 0.2) is 0 Å². The lowest BCUT2D eigenvalue weighted by atomic mass is 10.1. The van der Waals surface area contributed by atoms with Crippen molar-refractivity contribution in [2.75, 3.05) is 7.11 Å². The number of carbonyl (C=O) groups excluding carboxylic acids is 1. The highest BCUT2D eigenvalue weighted by atomic mass is 16.5. The van der Waals surface area contributed by atoms with Crippen LogP contribution in [0, 0.1) is 6.92 Å². The Labute approximate surface area is 134 Å². The minimum atomic E-state index is -0.263. The molecule has 0 aliphatic heterocycles. The average Bonchev–Trinajstić information content (AvgIpc) is 2.89. The molecule has 0 atom stereocenters. The van der Waals surface area contributed by atoms with Gasteiger partial charge in [-0.1, -0.05) is 18.2 Å². The largest absolute Gasteiger partial charge is 0.497 e. The standard InChI is InChI=1S/C18H18N2O3/c1-13-16(20-10-4-3-5-17(20)19-13)12-23-18(21)11-14-6-8-15(22-2)9-7-14/h3-10H,11-12H2,1-2H3. The minimum Gasteiger partial charge on any atom is -0.497 e. The number of ether oxygens (including phenoxy) is 2. The fourth-order valence-electron chi connectivity index (χ4n) is 2.45. The van der Waals surface area contributed by atoms with Crippen LogP contribution in [0.1, 0.15) is 17.0 Å². The molecule has 2 aromatic heterocycles. The second-order valence-corrected chi connectivity index (χ2v) is 5.26. The predicted octanol–water partition coefficient (Wildman–Crippen LogP) is 2.94. The van der Waals surface area contributed by atoms with Crippen molar-refractivity contribution in [1.29, 1.82) is 0 Å². The Bertz CT molecular complexity index is 822. The zero-order valence-corrected chi connectivity index (χ0v) is 13.2. The Balaban J connectivity index is 1.65. The van der Waals surface area contributed by atoms with Gasteiger partial charge < -0.3 is 13.9 Å². The van der Waals surface area contributed by atoms with Gasteiger partial charge in [0.25, 0.3) is 0 Å². The van der Waals surface area contributed by atoms with Gasteiger partial charge in [0.05, 0.1) is 24.9 Å². The summed E-state index contributed by atoms with van der Waals surface area (Å²) in [5.41, 5.74) is 3.51. The van der Waals surface area contributed by atoms with E-state index < -0.39 is 0 Å². The van der Waals surface area contributed by atoms with Gasteiger partial charge in [0.2, 0.25) is 0 Å². The molecule has 2 heterocycles. The fraction of sp³-hybridized carbons (Fsp3) is 0.222. The average molecular weight is 310 g/mol. The Morgan fingerprint density at radius 3 is 2.70 bits per heavy atom. The van der Waals surface area contributed by atoms with Crippen molar-refractivity contribution in [1.82, 2.24) is 9.38 Å². The van der Waals surface area contributed by atoms with Crippen LogP contribution in [-0.4, -0.2) is 22.5 Å². The molecule has 3 aromatic rings. The number of esters is 1. The molecule has 0 saturated heterocycles. The number of methoxy groups -OCH3 is 1. The summed E-state index contributed by atoms with van der Waals surface area (Å²) in [4.78, 5) is 16.5. The molecule has 0 unspecified atom stereocenters. The highest BCUT2D eigenvalue weighted by Gasteiger charge is 2.11. The summed E-state index contributed by atoms with van der Waals surface area (Å²) in [6.45, 7) is 2.13. The fourth-order valence-corrected chi connectivity index (χ4v) is 2.45. The zero-order valence-electron chi connectivity index (χ0n) is 13.2. The number of aryl methyl sites for hydroxylation is 1. The number of hydrogen-bond donors (Lipinski definition) is 0. The maximum absolute atomic E-state index is 12.0. The van der Waals surface area contributed by atoms with E-state index in [2.05, 4.69) is 4.98 Å². The minimum absolute atomic E-state index is 0.214. The number of fused-ring (bicyclic) bond motifs is 1. The maximum Gasteiger partial charge on any atom is 0.310 e. The van der Waals surface area contributed by atoms with Crippen LogP contribution in [0.5, 0.6) is 5.75 Å². The first-order valence-electron chi connectivity index (χ1n) is 7.38. The summed E-state index contributed by atoms with van der Waals surface area (Å²) in [6, 6.07) is 13.2. The van der Waals surface area contributed by atoms with E-state index in [-0.39, 0.29) is 19.0 Å². The van der Waals surface area contributed by atoms with Gasteiger partial charge in [-0.15, -0.1) is 0 Å². The SMILES string of the molecule is COc1ccc(CC(=O)OCc2c(C)nc3ccccn23)cc1. The molecule has 5 heteroatoms. The summed E-state index contributed by atoms with van der Waals surface area (Å²) in [7, 11) is 1.61. The highest BCUT2D eigenvalue weighted by molar-refractivity contribution is 5.72. The number of aromatic nitrogens is 2. The third-order valence-electron chi connectivity index (χ3n) is 3.71. The van der Waals surface area contributed by atoms with Gasteiger partial charge in [-0.3, -0.25) is 4.79 Å². The predicted molar refractivity (Wildman–Crippen MR) is 86.4 cm³/mol. The topological polar surface area (TPSA) is 52.8 Å². The molecule has 0 saturated carbocycles. The molecule has 0 fully saturated rings. The van der Waals surface area contributed by atoms with E-state index in [1.54, 1.807) is 7.11 Å². The van der Waals surface area contributed by atoms with Gasteiger partial charge in [0.1, 0.15) is 18.0 Å². The van der Waals surface area contributed by atoms with Gasteiger partial charge in [-0.2, -0.15) is 0 Å². The lowest BCUT2D eigenvalue weighted by molar-refractivity contribution is -0.144. The first-order chi connectivity index (χ1) is 11.2. The van der Waals surface area contributed by atoms with Crippen LogP contribution in [0.3, 0.4) is 0 Å². The first-order valence-corrected chi connectivity index (χ1v) is 7.38. The molecule has 0 amide bonds. The lowest BCUT2D eigenvalue weighted by Crippen LogP contribution is -2.09. The summed E-state index contributed by atoms with van der Waals surface area (Å²) < 4.78 is 12.4. The third kappa shape index (κ3) is 3.34. The number of hydrogen-bond acceptors (Lipinski definition) is 4. The van der Waals surface area contributed by atoms with E-state index in [1.165, 1.54) is 0 Å². The smallest absolute Gasteiger partial charge is 0.310 e. The van der Waals surface area contributed by atoms with Crippen molar-refractivity contribution in [2.45, 2.75) is 20.0 Å². The molecule has 118 valence electrons. The van der Waals surface area contributed by atoms with Crippen LogP contribution in [0.4, 0.5) is 0 Å². The van der Waals surface area contributed by atoms with Crippen molar-refractivity contribution in [2.24, 2.45) is 0 Å². The quantitative estimate of drug-likeness (QED) is 0.680. The summed E-state index contributed by atoms with van der Waals surface area (Å²) in [5, 5.41) is 0. The van der Waals surface area contributed by atoms with Gasteiger partial charge >= 0.3 is 5.97 Å². The molecule has 0 radical (unpaired) electrons. The molecule has 0 aliphatic carbocycles. The van der Waals surface area contributed by atoms with Crippen molar-refractivity contribution in [3.8, 4) is 5.75 Å². The zero-order chi connectivity index (χ0) is 16.2. The Hall–Kier alpha value is -2.82. The molecule has 1 aromatic carbocycles. The van der Waals surface area contributed by atoms with Gasteiger partial charge in [-0.05, 0) is 36.8 Å². The number of pyridine rings is 1. The second-order valence-electron chi connectivity index (χ2n) is 5.26. The molecule has 23 heavy (non-hydrogen) atoms. The molecular formula is C18H18N2O3. The number of rotatable bonds is 5. The Kier molecular flexibility index (Phi) is 4.28. The van der Waals surface area contributed by atoms with E-state index in [9.17, 15) is 4.79 Å². The molecule has 3 rings (SSSR count). The lowest BCUT2D eigenvalue weighted by Gasteiger charge is -2.06. The van der Waals surface area contributed by atoms with Crippen molar-refractivity contribution < 1.29 is 14.3 Å². The van der Waals surface area contributed by atoms with Crippen molar-refractivity contribution in [3.63, 3.8) is 0 Å². The Morgan fingerprint density at radius 2 is 1.96 bits per heavy atom. The molecule has 0 spiro atoms. The molecule has 5 nitrogen and oxygen atoms in total. The van der Waals surface area contributed by atoms with Gasteiger partial charge in [-0.25, -0.2) is 4.98 Å². The van der Waals surface area contributed by atoms with Crippen molar-refractivity contribution >= 4 is 11.6 Å². The summed E-state index contributed by atoms with van der Waals surface area (Å²) in [5.74, 6) is 0.504. The van der Waals surface area contributed by atoms with Crippen LogP contribution < -0.4 is 4.74 Å². The maximum atomic E-state index is 12.0. The van der Waals surface area contributed by atoms with Crippen LogP contribution in [-0.2, 0) is 22.6 Å². The van der Waals surface area contributed by atoms with Crippen LogP contribution in [0.2, 0.25) is 0 Å².